The van der Waals surface area contributed by atoms with Gasteiger partial charge >= 0.3 is 0 Å². The Hall–Kier alpha value is -0.760. The van der Waals surface area contributed by atoms with Crippen LogP contribution < -0.4 is 5.32 Å². The van der Waals surface area contributed by atoms with Gasteiger partial charge in [-0.3, -0.25) is 4.79 Å². The minimum Gasteiger partial charge on any atom is -0.314 e. The lowest BCUT2D eigenvalue weighted by molar-refractivity contribution is -0.114. The van der Waals surface area contributed by atoms with Gasteiger partial charge in [0.05, 0.1) is 5.56 Å². The molecule has 1 N–H and O–H groups in total. The molecule has 2 rings (SSSR count). The molecular weight excluding hydrogens is 303 g/mol. The van der Waals surface area contributed by atoms with Crippen LogP contribution in [0.2, 0.25) is 0 Å². The Morgan fingerprint density at radius 2 is 2.37 bits per heavy atom. The molecule has 0 fully saturated rings. The molecule has 0 unspecified atom stereocenters. The third kappa shape index (κ3) is 3.05. The zero-order valence-electron chi connectivity index (χ0n) is 10.5. The SMILES string of the molecule is CC[C@@H]1CCc2c(sc(NC(=O)C(Cl)Cl)c2C#N)C1. The van der Waals surface area contributed by atoms with Crippen molar-refractivity contribution >= 4 is 45.4 Å². The maximum atomic E-state index is 11.5. The van der Waals surface area contributed by atoms with E-state index in [1.807, 2.05) is 0 Å². The van der Waals surface area contributed by atoms with Gasteiger partial charge in [0.15, 0.2) is 4.84 Å². The van der Waals surface area contributed by atoms with Gasteiger partial charge < -0.3 is 5.32 Å². The number of nitrogens with one attached hydrogen (secondary N) is 1. The van der Waals surface area contributed by atoms with Crippen molar-refractivity contribution in [2.45, 2.75) is 37.4 Å². The van der Waals surface area contributed by atoms with Gasteiger partial charge in [0.25, 0.3) is 5.91 Å². The number of carbonyl (C=O) groups excluding carboxylic acids is 1. The molecule has 1 aliphatic carbocycles. The second kappa shape index (κ2) is 6.13. The second-order valence-corrected chi connectivity index (χ2v) is 6.83. The first kappa shape index (κ1) is 14.6. The van der Waals surface area contributed by atoms with Crippen molar-refractivity contribution < 1.29 is 4.79 Å². The molecule has 1 atom stereocenters. The van der Waals surface area contributed by atoms with Crippen LogP contribution in [0.15, 0.2) is 0 Å². The first-order valence-corrected chi connectivity index (χ1v) is 7.89. The summed E-state index contributed by atoms with van der Waals surface area (Å²) in [6.07, 6.45) is 4.16. The van der Waals surface area contributed by atoms with Crippen molar-refractivity contribution in [3.8, 4) is 6.07 Å². The van der Waals surface area contributed by atoms with Crippen molar-refractivity contribution in [3.05, 3.63) is 16.0 Å². The molecule has 0 aliphatic heterocycles. The number of amides is 1. The molecule has 19 heavy (non-hydrogen) atoms. The largest absolute Gasteiger partial charge is 0.314 e. The maximum absolute atomic E-state index is 11.5. The third-order valence-corrected chi connectivity index (χ3v) is 5.06. The quantitative estimate of drug-likeness (QED) is 0.860. The van der Waals surface area contributed by atoms with Crippen LogP contribution >= 0.6 is 34.5 Å². The van der Waals surface area contributed by atoms with Gasteiger partial charge in [0.2, 0.25) is 0 Å². The van der Waals surface area contributed by atoms with Gasteiger partial charge in [-0.2, -0.15) is 5.26 Å². The number of nitriles is 1. The fraction of sp³-hybridized carbons (Fsp3) is 0.538. The van der Waals surface area contributed by atoms with E-state index in [1.54, 1.807) is 0 Å². The zero-order valence-corrected chi connectivity index (χ0v) is 12.8. The van der Waals surface area contributed by atoms with Gasteiger partial charge in [0, 0.05) is 4.88 Å². The Balaban J connectivity index is 2.29. The number of anilines is 1. The van der Waals surface area contributed by atoms with Gasteiger partial charge in [-0.25, -0.2) is 0 Å². The number of thiophene rings is 1. The van der Waals surface area contributed by atoms with Gasteiger partial charge in [-0.15, -0.1) is 11.3 Å². The van der Waals surface area contributed by atoms with E-state index in [2.05, 4.69) is 18.3 Å². The van der Waals surface area contributed by atoms with Crippen LogP contribution in [0.5, 0.6) is 0 Å². The topological polar surface area (TPSA) is 52.9 Å². The molecule has 1 aromatic heterocycles. The maximum Gasteiger partial charge on any atom is 0.258 e. The molecule has 0 bridgehead atoms. The predicted octanol–water partition coefficient (Wildman–Crippen LogP) is 3.88. The standard InChI is InChI=1S/C13H14Cl2N2OS/c1-2-7-3-4-8-9(6-16)13(19-10(8)5-7)17-12(18)11(14)15/h7,11H,2-5H2,1H3,(H,17,18)/t7-/m1/s1. The van der Waals surface area contributed by atoms with Gasteiger partial charge in [-0.05, 0) is 30.7 Å². The van der Waals surface area contributed by atoms with E-state index in [9.17, 15) is 10.1 Å². The number of fused-ring (bicyclic) bond motifs is 1. The minimum absolute atomic E-state index is 0.481. The summed E-state index contributed by atoms with van der Waals surface area (Å²) in [5.74, 6) is 0.195. The Morgan fingerprint density at radius 1 is 1.63 bits per heavy atom. The molecule has 0 saturated heterocycles. The minimum atomic E-state index is -1.12. The van der Waals surface area contributed by atoms with Gasteiger partial charge in [0.1, 0.15) is 11.1 Å². The number of halogens is 2. The van der Waals surface area contributed by atoms with Crippen molar-refractivity contribution in [2.24, 2.45) is 5.92 Å². The summed E-state index contributed by atoms with van der Waals surface area (Å²) in [4.78, 5) is 11.6. The Bertz CT molecular complexity index is 533. The van der Waals surface area contributed by atoms with Crippen molar-refractivity contribution in [1.82, 2.24) is 0 Å². The van der Waals surface area contributed by atoms with Crippen LogP contribution in [0, 0.1) is 17.2 Å². The van der Waals surface area contributed by atoms with E-state index >= 15 is 0 Å². The normalized spacial score (nSPS) is 17.9. The summed E-state index contributed by atoms with van der Waals surface area (Å²) >= 11 is 12.5. The molecule has 1 aromatic rings. The van der Waals surface area contributed by atoms with E-state index < -0.39 is 10.7 Å². The van der Waals surface area contributed by atoms with Crippen LogP contribution in [0.25, 0.3) is 0 Å². The fourth-order valence-electron chi connectivity index (χ4n) is 2.38. The molecule has 0 aromatic carbocycles. The third-order valence-electron chi connectivity index (χ3n) is 3.49. The van der Waals surface area contributed by atoms with Crippen molar-refractivity contribution in [2.75, 3.05) is 5.32 Å². The number of hydrogen-bond donors (Lipinski definition) is 1. The van der Waals surface area contributed by atoms with E-state index in [0.717, 1.165) is 31.2 Å². The molecule has 1 amide bonds. The molecule has 1 heterocycles. The van der Waals surface area contributed by atoms with Crippen LogP contribution in [0.4, 0.5) is 5.00 Å². The molecule has 102 valence electrons. The van der Waals surface area contributed by atoms with Crippen molar-refractivity contribution in [1.29, 1.82) is 5.26 Å². The van der Waals surface area contributed by atoms with Crippen LogP contribution in [-0.4, -0.2) is 10.7 Å². The molecule has 0 radical (unpaired) electrons. The molecule has 3 nitrogen and oxygen atoms in total. The van der Waals surface area contributed by atoms with E-state index in [1.165, 1.54) is 16.2 Å². The lowest BCUT2D eigenvalue weighted by Crippen LogP contribution is -2.18. The van der Waals surface area contributed by atoms with Crippen LogP contribution in [-0.2, 0) is 17.6 Å². The lowest BCUT2D eigenvalue weighted by atomic mass is 9.86. The number of nitrogens with zero attached hydrogens (tertiary/aromatic N) is 1. The van der Waals surface area contributed by atoms with Crippen LogP contribution in [0.3, 0.4) is 0 Å². The summed E-state index contributed by atoms with van der Waals surface area (Å²) in [6.45, 7) is 2.18. The van der Waals surface area contributed by atoms with Crippen molar-refractivity contribution in [3.63, 3.8) is 0 Å². The number of rotatable bonds is 3. The fourth-order valence-corrected chi connectivity index (χ4v) is 3.80. The second-order valence-electron chi connectivity index (χ2n) is 4.63. The summed E-state index contributed by atoms with van der Waals surface area (Å²) in [6, 6.07) is 2.19. The first-order valence-electron chi connectivity index (χ1n) is 6.20. The summed E-state index contributed by atoms with van der Waals surface area (Å²) in [7, 11) is 0. The molecule has 0 spiro atoms. The Morgan fingerprint density at radius 3 is 2.95 bits per heavy atom. The molecule has 6 heteroatoms. The highest BCUT2D eigenvalue weighted by molar-refractivity contribution is 7.16. The predicted molar refractivity (Wildman–Crippen MR) is 79.0 cm³/mol. The molecule has 1 aliphatic rings. The highest BCUT2D eigenvalue weighted by Gasteiger charge is 2.26. The Kier molecular flexibility index (Phi) is 4.72. The van der Waals surface area contributed by atoms with Gasteiger partial charge in [-0.1, -0.05) is 36.5 Å². The molecular formula is C13H14Cl2N2OS. The summed E-state index contributed by atoms with van der Waals surface area (Å²) in [5, 5.41) is 12.5. The number of carbonyl (C=O) groups is 1. The smallest absolute Gasteiger partial charge is 0.258 e. The summed E-state index contributed by atoms with van der Waals surface area (Å²) in [5.41, 5.74) is 1.67. The number of alkyl halides is 2. The average molecular weight is 317 g/mol. The zero-order chi connectivity index (χ0) is 14.0. The highest BCUT2D eigenvalue weighted by atomic mass is 35.5. The Labute approximate surface area is 126 Å². The monoisotopic (exact) mass is 316 g/mol. The summed E-state index contributed by atoms with van der Waals surface area (Å²) < 4.78 is 0. The van der Waals surface area contributed by atoms with E-state index in [0.29, 0.717) is 16.5 Å². The molecule has 0 saturated carbocycles. The van der Waals surface area contributed by atoms with E-state index in [4.69, 9.17) is 23.2 Å². The van der Waals surface area contributed by atoms with Crippen LogP contribution in [0.1, 0.15) is 35.8 Å². The van der Waals surface area contributed by atoms with E-state index in [-0.39, 0.29) is 0 Å². The average Bonchev–Trinajstić information content (AvgIpc) is 2.74. The lowest BCUT2D eigenvalue weighted by Gasteiger charge is -2.20. The first-order chi connectivity index (χ1) is 9.06. The highest BCUT2D eigenvalue weighted by Crippen LogP contribution is 2.40. The number of hydrogen-bond acceptors (Lipinski definition) is 3.